The first-order valence-corrected chi connectivity index (χ1v) is 4.05. The summed E-state index contributed by atoms with van der Waals surface area (Å²) in [5, 5.41) is 53.1. The van der Waals surface area contributed by atoms with Crippen LogP contribution < -0.4 is 34.6 Å². The monoisotopic (exact) mass is 328 g/mol. The van der Waals surface area contributed by atoms with Crippen molar-refractivity contribution in [2.45, 2.75) is 12.3 Å². The average Bonchev–Trinajstić information content (AvgIpc) is 2.26. The molecule has 0 aromatic heterocycles. The summed E-state index contributed by atoms with van der Waals surface area (Å²) in [5.41, 5.74) is 0. The van der Waals surface area contributed by atoms with Gasteiger partial charge in [-0.2, -0.15) is 0 Å². The second-order valence-corrected chi connectivity index (χ2v) is 2.40. The summed E-state index contributed by atoms with van der Waals surface area (Å²) in [6.45, 7) is 0. The van der Waals surface area contributed by atoms with Crippen molar-refractivity contribution < 1.29 is 93.0 Å². The van der Waals surface area contributed by atoms with E-state index in [-0.39, 0.29) is 29.6 Å². The smallest absolute Gasteiger partial charge is 0.832 e. The number of rotatable bonds is 4. The van der Waals surface area contributed by atoms with Crippen molar-refractivity contribution in [2.24, 2.45) is 0 Å². The minimum absolute atomic E-state index is 0. The molecule has 0 radical (unpaired) electrons. The van der Waals surface area contributed by atoms with Gasteiger partial charge in [0.1, 0.15) is 0 Å². The molecule has 0 aliphatic carbocycles. The Kier molecular flexibility index (Phi) is 20.1. The third-order valence-corrected chi connectivity index (χ3v) is 0.867. The Morgan fingerprint density at radius 1 is 0.762 bits per heavy atom. The Balaban J connectivity index is -0.000000107. The SMILES string of the molecule is O=C(O)C(F)C(=O)O.O=C(O)C(F)C(=O)O.[Na+].[O-]B(O)O. The summed E-state index contributed by atoms with van der Waals surface area (Å²) in [6, 6.07) is 0. The van der Waals surface area contributed by atoms with Crippen molar-refractivity contribution in [3.8, 4) is 0 Å². The topological polar surface area (TPSA) is 213 Å². The molecule has 0 fully saturated rings. The van der Waals surface area contributed by atoms with Crippen molar-refractivity contribution in [3.63, 3.8) is 0 Å². The van der Waals surface area contributed by atoms with Crippen LogP contribution in [0.2, 0.25) is 0 Å². The van der Waals surface area contributed by atoms with Crippen LogP contribution in [0.4, 0.5) is 8.78 Å². The summed E-state index contributed by atoms with van der Waals surface area (Å²) in [4.78, 5) is 37.5. The molecule has 0 aromatic carbocycles. The van der Waals surface area contributed by atoms with Crippen molar-refractivity contribution >= 4 is 31.2 Å². The second kappa shape index (κ2) is 15.1. The van der Waals surface area contributed by atoms with Gasteiger partial charge in [0.05, 0.1) is 0 Å². The van der Waals surface area contributed by atoms with E-state index in [0.717, 1.165) is 0 Å². The first-order valence-electron chi connectivity index (χ1n) is 4.05. The van der Waals surface area contributed by atoms with Crippen LogP contribution in [-0.4, -0.2) is 74.0 Å². The zero-order chi connectivity index (χ0) is 17.0. The van der Waals surface area contributed by atoms with E-state index in [9.17, 15) is 28.0 Å². The van der Waals surface area contributed by atoms with Crippen LogP contribution in [0.25, 0.3) is 0 Å². The molecule has 0 spiro atoms. The normalized spacial score (nSPS) is 8.33. The molecular weight excluding hydrogens is 320 g/mol. The summed E-state index contributed by atoms with van der Waals surface area (Å²) < 4.78 is 22.9. The van der Waals surface area contributed by atoms with Gasteiger partial charge in [-0.25, -0.2) is 28.0 Å². The van der Waals surface area contributed by atoms with E-state index >= 15 is 0 Å². The molecule has 0 aliphatic rings. The van der Waals surface area contributed by atoms with Gasteiger partial charge in [0, 0.05) is 0 Å². The third-order valence-electron chi connectivity index (χ3n) is 0.867. The molecule has 0 heterocycles. The second-order valence-electron chi connectivity index (χ2n) is 2.40. The van der Waals surface area contributed by atoms with Gasteiger partial charge in [-0.3, -0.25) is 0 Å². The molecule has 15 heteroatoms. The maximum absolute atomic E-state index is 11.4. The van der Waals surface area contributed by atoms with Crippen LogP contribution in [0.1, 0.15) is 0 Å². The fourth-order valence-electron chi connectivity index (χ4n) is 0.211. The van der Waals surface area contributed by atoms with Gasteiger partial charge in [0.25, 0.3) is 12.3 Å². The largest absolute Gasteiger partial charge is 1.00 e. The zero-order valence-corrected chi connectivity index (χ0v) is 12.2. The Morgan fingerprint density at radius 3 is 0.857 bits per heavy atom. The molecule has 116 valence electrons. The van der Waals surface area contributed by atoms with E-state index < -0.39 is 43.5 Å². The minimum Gasteiger partial charge on any atom is -0.832 e. The number of hydrogen-bond acceptors (Lipinski definition) is 7. The number of carboxylic acids is 4. The summed E-state index contributed by atoms with van der Waals surface area (Å²) in [6.07, 6.45) is -5.59. The van der Waals surface area contributed by atoms with Gasteiger partial charge in [-0.1, -0.05) is 0 Å². The van der Waals surface area contributed by atoms with Gasteiger partial charge in [0.15, 0.2) is 0 Å². The summed E-state index contributed by atoms with van der Waals surface area (Å²) >= 11 is 0. The predicted octanol–water partition coefficient (Wildman–Crippen LogP) is -6.69. The fraction of sp³-hybridized carbons (Fsp3) is 0.333. The van der Waals surface area contributed by atoms with Crippen molar-refractivity contribution in [3.05, 3.63) is 0 Å². The molecule has 11 nitrogen and oxygen atoms in total. The van der Waals surface area contributed by atoms with Gasteiger partial charge in [-0.05, 0) is 0 Å². The summed E-state index contributed by atoms with van der Waals surface area (Å²) in [5.74, 6) is -7.90. The standard InChI is InChI=1S/2C3H3FO4.BH2O3.Na/c2*4-1(2(5)6)3(7)8;2-1(3)4;/h2*1H,(H,5,6)(H,7,8);2-3H;/q;;-1;+1. The first-order chi connectivity index (χ1) is 8.84. The third kappa shape index (κ3) is 24.1. The Hall–Kier alpha value is -1.32. The van der Waals surface area contributed by atoms with Crippen LogP contribution in [0.5, 0.6) is 0 Å². The van der Waals surface area contributed by atoms with E-state index in [1.54, 1.807) is 0 Å². The average molecular weight is 328 g/mol. The molecule has 0 saturated heterocycles. The van der Waals surface area contributed by atoms with Gasteiger partial charge >= 0.3 is 60.8 Å². The van der Waals surface area contributed by atoms with E-state index in [2.05, 4.69) is 0 Å². The number of carboxylic acid groups (broad SMARTS) is 4. The zero-order valence-electron chi connectivity index (χ0n) is 10.2. The number of aliphatic carboxylic acids is 4. The van der Waals surface area contributed by atoms with Crippen LogP contribution >= 0.6 is 0 Å². The maximum Gasteiger partial charge on any atom is 1.00 e. The Morgan fingerprint density at radius 2 is 0.857 bits per heavy atom. The molecule has 0 bridgehead atoms. The number of carbonyl (C=O) groups is 4. The van der Waals surface area contributed by atoms with E-state index in [4.69, 9.17) is 35.5 Å². The van der Waals surface area contributed by atoms with Gasteiger partial charge in [0.2, 0.25) is 0 Å². The molecule has 0 aliphatic heterocycles. The van der Waals surface area contributed by atoms with Crippen LogP contribution in [0.15, 0.2) is 0 Å². The molecule has 6 N–H and O–H groups in total. The molecule has 21 heavy (non-hydrogen) atoms. The van der Waals surface area contributed by atoms with Crippen molar-refractivity contribution in [1.82, 2.24) is 0 Å². The van der Waals surface area contributed by atoms with Crippen molar-refractivity contribution in [1.29, 1.82) is 0 Å². The summed E-state index contributed by atoms with van der Waals surface area (Å²) in [7, 11) is -2.42. The number of alkyl halides is 2. The molecule has 0 saturated carbocycles. The number of hydrogen-bond donors (Lipinski definition) is 6. The van der Waals surface area contributed by atoms with Gasteiger partial charge < -0.3 is 35.5 Å². The van der Waals surface area contributed by atoms with Crippen LogP contribution in [0.3, 0.4) is 0 Å². The molecule has 0 aromatic rings. The Bertz CT molecular complexity index is 291. The van der Waals surface area contributed by atoms with Crippen LogP contribution in [-0.2, 0) is 19.2 Å². The molecule has 0 unspecified atom stereocenters. The minimum atomic E-state index is -2.80. The van der Waals surface area contributed by atoms with E-state index in [1.165, 1.54) is 0 Å². The molecular formula is C6H8BF2NaO11. The van der Waals surface area contributed by atoms with E-state index in [1.807, 2.05) is 0 Å². The molecule has 0 amide bonds. The first kappa shape index (κ1) is 27.9. The number of halogens is 2. The fourth-order valence-corrected chi connectivity index (χ4v) is 0.211. The Labute approximate surface area is 136 Å². The van der Waals surface area contributed by atoms with Crippen LogP contribution in [0, 0.1) is 0 Å². The van der Waals surface area contributed by atoms with E-state index in [0.29, 0.717) is 0 Å². The predicted molar refractivity (Wildman–Crippen MR) is 50.5 cm³/mol. The van der Waals surface area contributed by atoms with Crippen molar-refractivity contribution in [2.75, 3.05) is 0 Å². The van der Waals surface area contributed by atoms with Gasteiger partial charge in [-0.15, -0.1) is 0 Å². The molecule has 0 atom stereocenters. The quantitative estimate of drug-likeness (QED) is 0.211. The maximum atomic E-state index is 11.4. The molecule has 0 rings (SSSR count).